The van der Waals surface area contributed by atoms with Crippen molar-refractivity contribution in [3.05, 3.63) is 83.4 Å². The zero-order valence-corrected chi connectivity index (χ0v) is 24.7. The Balaban J connectivity index is 1.23. The van der Waals surface area contributed by atoms with Gasteiger partial charge in [-0.2, -0.15) is 0 Å². The topological polar surface area (TPSA) is 160 Å². The van der Waals surface area contributed by atoms with Gasteiger partial charge in [0.2, 0.25) is 0 Å². The van der Waals surface area contributed by atoms with Crippen molar-refractivity contribution in [1.82, 2.24) is 35.0 Å². The van der Waals surface area contributed by atoms with Gasteiger partial charge in [0.1, 0.15) is 12.0 Å². The summed E-state index contributed by atoms with van der Waals surface area (Å²) in [6, 6.07) is 12.6. The van der Waals surface area contributed by atoms with Crippen molar-refractivity contribution < 1.29 is 22.8 Å². The molecule has 2 unspecified atom stereocenters. The summed E-state index contributed by atoms with van der Waals surface area (Å²) in [4.78, 5) is 39.3. The van der Waals surface area contributed by atoms with E-state index in [-0.39, 0.29) is 18.5 Å². The van der Waals surface area contributed by atoms with Gasteiger partial charge in [0.25, 0.3) is 11.5 Å². The number of hydrogen-bond donors (Lipinski definition) is 1. The number of amides is 1. The number of nitrogens with zero attached hydrogens (tertiary/aromatic N) is 6. The van der Waals surface area contributed by atoms with Crippen LogP contribution in [0.2, 0.25) is 0 Å². The third kappa shape index (κ3) is 7.21. The summed E-state index contributed by atoms with van der Waals surface area (Å²) in [5.41, 5.74) is 5.85. The fourth-order valence-corrected chi connectivity index (χ4v) is 5.46. The number of hydroxylamine groups is 1. The Bertz CT molecular complexity index is 1720. The number of pyridine rings is 1. The molecule has 0 spiro atoms. The van der Waals surface area contributed by atoms with Crippen LogP contribution >= 0.6 is 0 Å². The molecule has 1 aliphatic heterocycles. The smallest absolute Gasteiger partial charge is 0.264 e. The predicted molar refractivity (Wildman–Crippen MR) is 157 cm³/mol. The zero-order chi connectivity index (χ0) is 30.5. The van der Waals surface area contributed by atoms with E-state index in [4.69, 9.17) is 9.57 Å². The van der Waals surface area contributed by atoms with E-state index in [9.17, 15) is 18.0 Å². The standard InChI is InChI=1S/C29H33N7O6S/c1-29(43(2,39)40,28(38)33-42-27-5-3-4-16-41-27)12-15-35-14-11-23(17-26(35)37)21-6-8-22(9-7-21)25-19-36(34-32-25)18-24-10-13-30-20-31-24/h6-11,13-14,17,19-20,27H,3-5,12,15-16,18H2,1-2H3,(H,33,38). The van der Waals surface area contributed by atoms with E-state index in [1.807, 2.05) is 36.5 Å². The van der Waals surface area contributed by atoms with Crippen molar-refractivity contribution in [2.24, 2.45) is 0 Å². The predicted octanol–water partition coefficient (Wildman–Crippen LogP) is 2.38. The highest BCUT2D eigenvalue weighted by molar-refractivity contribution is 7.92. The second-order valence-corrected chi connectivity index (χ2v) is 13.1. The molecule has 4 heterocycles. The number of aryl methyl sites for hydroxylation is 1. The minimum Gasteiger partial charge on any atom is -0.350 e. The minimum atomic E-state index is -3.86. The van der Waals surface area contributed by atoms with Gasteiger partial charge in [0.15, 0.2) is 20.9 Å². The third-order valence-corrected chi connectivity index (χ3v) is 9.59. The maximum atomic E-state index is 13.0. The van der Waals surface area contributed by atoms with Crippen LogP contribution in [0.25, 0.3) is 22.4 Å². The summed E-state index contributed by atoms with van der Waals surface area (Å²) < 4.78 is 32.0. The first-order valence-electron chi connectivity index (χ1n) is 13.9. The minimum absolute atomic E-state index is 0.0135. The maximum Gasteiger partial charge on any atom is 0.264 e. The summed E-state index contributed by atoms with van der Waals surface area (Å²) in [6.45, 7) is 2.33. The largest absolute Gasteiger partial charge is 0.350 e. The van der Waals surface area contributed by atoms with E-state index in [2.05, 4.69) is 25.8 Å². The average Bonchev–Trinajstić information content (AvgIpc) is 3.48. The van der Waals surface area contributed by atoms with Crippen LogP contribution in [-0.4, -0.2) is 67.8 Å². The number of aromatic nitrogens is 6. The van der Waals surface area contributed by atoms with Gasteiger partial charge in [-0.05, 0) is 49.4 Å². The second-order valence-electron chi connectivity index (χ2n) is 10.6. The number of sulfone groups is 1. The van der Waals surface area contributed by atoms with Crippen LogP contribution in [0.15, 0.2) is 72.2 Å². The van der Waals surface area contributed by atoms with E-state index in [1.54, 1.807) is 23.1 Å². The number of nitrogens with one attached hydrogen (secondary N) is 1. The van der Waals surface area contributed by atoms with Crippen molar-refractivity contribution >= 4 is 15.7 Å². The third-order valence-electron chi connectivity index (χ3n) is 7.57. The van der Waals surface area contributed by atoms with E-state index < -0.39 is 26.8 Å². The molecule has 226 valence electrons. The van der Waals surface area contributed by atoms with Crippen LogP contribution in [0.4, 0.5) is 0 Å². The Kier molecular flexibility index (Phi) is 9.08. The molecule has 0 bridgehead atoms. The van der Waals surface area contributed by atoms with Crippen LogP contribution in [0.5, 0.6) is 0 Å². The molecule has 3 aromatic heterocycles. The van der Waals surface area contributed by atoms with Crippen LogP contribution in [0.3, 0.4) is 0 Å². The SMILES string of the molecule is CC(CCn1ccc(-c2ccc(-c3cn(Cc4ccncn4)nn3)cc2)cc1=O)(C(=O)NOC1CCCCO1)S(C)(=O)=O. The average molecular weight is 608 g/mol. The summed E-state index contributed by atoms with van der Waals surface area (Å²) in [5.74, 6) is -0.803. The fourth-order valence-electron chi connectivity index (χ4n) is 4.62. The number of benzene rings is 1. The van der Waals surface area contributed by atoms with Crippen molar-refractivity contribution in [2.45, 2.75) is 56.7 Å². The van der Waals surface area contributed by atoms with Gasteiger partial charge >= 0.3 is 0 Å². The van der Waals surface area contributed by atoms with Crippen molar-refractivity contribution in [3.8, 4) is 22.4 Å². The number of carbonyl (C=O) groups is 1. The first-order valence-corrected chi connectivity index (χ1v) is 15.8. The molecule has 14 heteroatoms. The van der Waals surface area contributed by atoms with Crippen molar-refractivity contribution in [2.75, 3.05) is 12.9 Å². The molecule has 13 nitrogen and oxygen atoms in total. The fraction of sp³-hybridized carbons (Fsp3) is 0.379. The Morgan fingerprint density at radius 2 is 1.93 bits per heavy atom. The van der Waals surface area contributed by atoms with Crippen LogP contribution < -0.4 is 11.0 Å². The van der Waals surface area contributed by atoms with Gasteiger partial charge in [-0.1, -0.05) is 29.5 Å². The first kappa shape index (κ1) is 30.2. The van der Waals surface area contributed by atoms with Gasteiger partial charge < -0.3 is 9.30 Å². The molecule has 0 radical (unpaired) electrons. The first-order chi connectivity index (χ1) is 20.6. The summed E-state index contributed by atoms with van der Waals surface area (Å²) in [5, 5.41) is 8.42. The molecule has 4 aromatic rings. The molecule has 2 atom stereocenters. The molecular weight excluding hydrogens is 574 g/mol. The van der Waals surface area contributed by atoms with E-state index >= 15 is 0 Å². The Morgan fingerprint density at radius 1 is 1.14 bits per heavy atom. The molecular formula is C29H33N7O6S. The van der Waals surface area contributed by atoms with Crippen molar-refractivity contribution in [3.63, 3.8) is 0 Å². The highest BCUT2D eigenvalue weighted by atomic mass is 32.2. The van der Waals surface area contributed by atoms with Gasteiger partial charge in [0, 0.05) is 49.9 Å². The van der Waals surface area contributed by atoms with Gasteiger partial charge in [-0.25, -0.2) is 33.4 Å². The number of ether oxygens (including phenoxy) is 1. The lowest BCUT2D eigenvalue weighted by molar-refractivity contribution is -0.201. The molecule has 1 saturated heterocycles. The van der Waals surface area contributed by atoms with Crippen LogP contribution in [0, 0.1) is 0 Å². The van der Waals surface area contributed by atoms with Gasteiger partial charge in [-0.15, -0.1) is 5.10 Å². The van der Waals surface area contributed by atoms with Gasteiger partial charge in [0.05, 0.1) is 18.4 Å². The summed E-state index contributed by atoms with van der Waals surface area (Å²) in [6.07, 6.45) is 9.24. The molecule has 0 saturated carbocycles. The Labute approximate surface area is 248 Å². The van der Waals surface area contributed by atoms with E-state index in [1.165, 1.54) is 23.9 Å². The second kappa shape index (κ2) is 12.9. The molecule has 1 N–H and O–H groups in total. The van der Waals surface area contributed by atoms with Crippen molar-refractivity contribution in [1.29, 1.82) is 0 Å². The molecule has 0 aliphatic carbocycles. The molecule has 43 heavy (non-hydrogen) atoms. The quantitative estimate of drug-likeness (QED) is 0.251. The summed E-state index contributed by atoms with van der Waals surface area (Å²) >= 11 is 0. The van der Waals surface area contributed by atoms with E-state index in [0.29, 0.717) is 30.8 Å². The molecule has 1 amide bonds. The highest BCUT2D eigenvalue weighted by Gasteiger charge is 2.44. The molecule has 5 rings (SSSR count). The zero-order valence-electron chi connectivity index (χ0n) is 23.9. The maximum absolute atomic E-state index is 13.0. The number of hydrogen-bond acceptors (Lipinski definition) is 10. The normalized spacial score (nSPS) is 16.8. The lowest BCUT2D eigenvalue weighted by atomic mass is 10.0. The lowest BCUT2D eigenvalue weighted by Crippen LogP contribution is -2.51. The van der Waals surface area contributed by atoms with Gasteiger partial charge in [-0.3, -0.25) is 9.59 Å². The molecule has 1 fully saturated rings. The number of carbonyl (C=O) groups excluding carboxylic acids is 1. The summed E-state index contributed by atoms with van der Waals surface area (Å²) in [7, 11) is -3.86. The lowest BCUT2D eigenvalue weighted by Gasteiger charge is -2.28. The number of rotatable bonds is 11. The van der Waals surface area contributed by atoms with E-state index in [0.717, 1.165) is 35.9 Å². The monoisotopic (exact) mass is 607 g/mol. The van der Waals surface area contributed by atoms with Crippen LogP contribution in [0.1, 0.15) is 38.3 Å². The Morgan fingerprint density at radius 3 is 2.60 bits per heavy atom. The molecule has 1 aromatic carbocycles. The van der Waals surface area contributed by atoms with Crippen LogP contribution in [-0.2, 0) is 37.3 Å². The Hall–Kier alpha value is -4.27. The molecule has 1 aliphatic rings. The highest BCUT2D eigenvalue weighted by Crippen LogP contribution is 2.25.